The predicted molar refractivity (Wildman–Crippen MR) is 73.7 cm³/mol. The number of hydrogen-bond acceptors (Lipinski definition) is 5. The predicted octanol–water partition coefficient (Wildman–Crippen LogP) is -0.275. The van der Waals surface area contributed by atoms with E-state index in [1.54, 1.807) is 24.3 Å². The lowest BCUT2D eigenvalue weighted by Gasteiger charge is -2.14. The van der Waals surface area contributed by atoms with Crippen molar-refractivity contribution in [2.45, 2.75) is 13.0 Å². The Kier molecular flexibility index (Phi) is 4.27. The molecule has 110 valence electrons. The molecule has 1 aromatic heterocycles. The van der Waals surface area contributed by atoms with Gasteiger partial charge in [-0.05, 0) is 12.1 Å². The highest BCUT2D eigenvalue weighted by Crippen LogP contribution is 2.03. The number of aromatic nitrogens is 3. The van der Waals surface area contributed by atoms with Crippen LogP contribution in [0.15, 0.2) is 29.1 Å². The molecular weight excluding hydrogens is 276 g/mol. The fourth-order valence-corrected chi connectivity index (χ4v) is 1.85. The van der Waals surface area contributed by atoms with Crippen molar-refractivity contribution < 1.29 is 14.7 Å². The molecule has 0 saturated heterocycles. The standard InChI is InChI=1S/C13H14N4O4/c1-16(8-12(19)20)11(18)6-7-17-13(21)9-4-2-3-5-10(9)14-15-17/h2-5H,6-8H2,1H3,(H,19,20). The first-order chi connectivity index (χ1) is 9.99. The van der Waals surface area contributed by atoms with Gasteiger partial charge in [0.05, 0.1) is 11.9 Å². The number of amides is 1. The van der Waals surface area contributed by atoms with Gasteiger partial charge in [-0.1, -0.05) is 17.3 Å². The van der Waals surface area contributed by atoms with Gasteiger partial charge in [-0.25, -0.2) is 4.68 Å². The lowest BCUT2D eigenvalue weighted by molar-refractivity contribution is -0.143. The Hall–Kier alpha value is -2.77. The summed E-state index contributed by atoms with van der Waals surface area (Å²) in [5, 5.41) is 16.7. The largest absolute Gasteiger partial charge is 0.480 e. The second-order valence-corrected chi connectivity index (χ2v) is 4.53. The Morgan fingerprint density at radius 2 is 2.05 bits per heavy atom. The number of fused-ring (bicyclic) bond motifs is 1. The molecular formula is C13H14N4O4. The summed E-state index contributed by atoms with van der Waals surface area (Å²) in [6.07, 6.45) is -0.0172. The summed E-state index contributed by atoms with van der Waals surface area (Å²) in [6.45, 7) is -0.323. The maximum absolute atomic E-state index is 12.1. The molecule has 0 radical (unpaired) electrons. The molecule has 8 nitrogen and oxygen atoms in total. The molecule has 0 aliphatic rings. The first-order valence-electron chi connectivity index (χ1n) is 6.27. The molecule has 0 bridgehead atoms. The average molecular weight is 290 g/mol. The number of carbonyl (C=O) groups excluding carboxylic acids is 1. The number of likely N-dealkylation sites (N-methyl/N-ethyl adjacent to an activating group) is 1. The Morgan fingerprint density at radius 1 is 1.33 bits per heavy atom. The molecule has 0 atom stereocenters. The third kappa shape index (κ3) is 3.41. The number of carbonyl (C=O) groups is 2. The van der Waals surface area contributed by atoms with Gasteiger partial charge in [0, 0.05) is 13.5 Å². The zero-order chi connectivity index (χ0) is 15.4. The minimum absolute atomic E-state index is 0.0172. The fourth-order valence-electron chi connectivity index (χ4n) is 1.85. The van der Waals surface area contributed by atoms with Crippen molar-refractivity contribution in [3.05, 3.63) is 34.6 Å². The van der Waals surface area contributed by atoms with Crippen LogP contribution in [0.2, 0.25) is 0 Å². The Balaban J connectivity index is 2.10. The molecule has 0 aliphatic heterocycles. The number of aryl methyl sites for hydroxylation is 1. The number of benzene rings is 1. The fraction of sp³-hybridized carbons (Fsp3) is 0.308. The highest BCUT2D eigenvalue weighted by atomic mass is 16.4. The maximum Gasteiger partial charge on any atom is 0.323 e. The second-order valence-electron chi connectivity index (χ2n) is 4.53. The summed E-state index contributed by atoms with van der Waals surface area (Å²) >= 11 is 0. The third-order valence-electron chi connectivity index (χ3n) is 2.96. The van der Waals surface area contributed by atoms with E-state index in [1.807, 2.05) is 0 Å². The van der Waals surface area contributed by atoms with Crippen molar-refractivity contribution in [1.82, 2.24) is 19.9 Å². The first-order valence-corrected chi connectivity index (χ1v) is 6.27. The van der Waals surface area contributed by atoms with Gasteiger partial charge in [0.15, 0.2) is 0 Å². The summed E-state index contributed by atoms with van der Waals surface area (Å²) in [5.41, 5.74) is 0.169. The van der Waals surface area contributed by atoms with Gasteiger partial charge in [0.25, 0.3) is 5.56 Å². The molecule has 0 saturated carbocycles. The van der Waals surface area contributed by atoms with Gasteiger partial charge in [-0.3, -0.25) is 14.4 Å². The highest BCUT2D eigenvalue weighted by Gasteiger charge is 2.13. The summed E-state index contributed by atoms with van der Waals surface area (Å²) in [6, 6.07) is 6.80. The van der Waals surface area contributed by atoms with E-state index in [0.717, 1.165) is 9.58 Å². The Morgan fingerprint density at radius 3 is 2.76 bits per heavy atom. The normalized spacial score (nSPS) is 10.5. The Labute approximate surface area is 119 Å². The molecule has 1 N–H and O–H groups in total. The van der Waals surface area contributed by atoms with Crippen LogP contribution in [0, 0.1) is 0 Å². The molecule has 2 rings (SSSR count). The number of nitrogens with zero attached hydrogens (tertiary/aromatic N) is 4. The van der Waals surface area contributed by atoms with Gasteiger partial charge < -0.3 is 10.0 Å². The molecule has 0 unspecified atom stereocenters. The molecule has 21 heavy (non-hydrogen) atoms. The molecule has 1 heterocycles. The van der Waals surface area contributed by atoms with Crippen LogP contribution in [0.4, 0.5) is 0 Å². The monoisotopic (exact) mass is 290 g/mol. The molecule has 0 fully saturated rings. The number of carboxylic acids is 1. The van der Waals surface area contributed by atoms with Crippen molar-refractivity contribution in [2.24, 2.45) is 0 Å². The van der Waals surface area contributed by atoms with Crippen LogP contribution in [0.5, 0.6) is 0 Å². The van der Waals surface area contributed by atoms with Crippen molar-refractivity contribution in [2.75, 3.05) is 13.6 Å². The van der Waals surface area contributed by atoms with Crippen LogP contribution in [0.1, 0.15) is 6.42 Å². The van der Waals surface area contributed by atoms with Crippen LogP contribution >= 0.6 is 0 Å². The van der Waals surface area contributed by atoms with Gasteiger partial charge >= 0.3 is 5.97 Å². The molecule has 0 aliphatic carbocycles. The molecule has 8 heteroatoms. The summed E-state index contributed by atoms with van der Waals surface area (Å²) in [7, 11) is 1.39. The molecule has 0 spiro atoms. The number of rotatable bonds is 5. The maximum atomic E-state index is 12.1. The summed E-state index contributed by atoms with van der Waals surface area (Å²) < 4.78 is 1.11. The van der Waals surface area contributed by atoms with Crippen LogP contribution in [-0.4, -0.2) is 50.5 Å². The highest BCUT2D eigenvalue weighted by molar-refractivity contribution is 5.81. The van der Waals surface area contributed by atoms with Gasteiger partial charge in [-0.2, -0.15) is 0 Å². The van der Waals surface area contributed by atoms with E-state index in [4.69, 9.17) is 5.11 Å². The van der Waals surface area contributed by atoms with E-state index < -0.39 is 5.97 Å². The lowest BCUT2D eigenvalue weighted by Crippen LogP contribution is -2.34. The quantitative estimate of drug-likeness (QED) is 0.812. The number of hydrogen-bond donors (Lipinski definition) is 1. The number of aliphatic carboxylic acids is 1. The van der Waals surface area contributed by atoms with Crippen LogP contribution in [0.25, 0.3) is 10.9 Å². The van der Waals surface area contributed by atoms with Crippen molar-refractivity contribution in [1.29, 1.82) is 0 Å². The topological polar surface area (TPSA) is 105 Å². The van der Waals surface area contributed by atoms with E-state index in [9.17, 15) is 14.4 Å². The summed E-state index contributed by atoms with van der Waals surface area (Å²) in [4.78, 5) is 35.5. The minimum Gasteiger partial charge on any atom is -0.480 e. The van der Waals surface area contributed by atoms with E-state index in [1.165, 1.54) is 7.05 Å². The van der Waals surface area contributed by atoms with E-state index in [2.05, 4.69) is 10.3 Å². The van der Waals surface area contributed by atoms with Gasteiger partial charge in [-0.15, -0.1) is 5.10 Å². The number of carboxylic acid groups (broad SMARTS) is 1. The average Bonchev–Trinajstić information content (AvgIpc) is 2.46. The zero-order valence-corrected chi connectivity index (χ0v) is 11.4. The first kappa shape index (κ1) is 14.6. The van der Waals surface area contributed by atoms with E-state index >= 15 is 0 Å². The van der Waals surface area contributed by atoms with E-state index in [-0.39, 0.29) is 31.0 Å². The smallest absolute Gasteiger partial charge is 0.323 e. The summed E-state index contributed by atoms with van der Waals surface area (Å²) in [5.74, 6) is -1.47. The van der Waals surface area contributed by atoms with Crippen molar-refractivity contribution in [3.8, 4) is 0 Å². The van der Waals surface area contributed by atoms with Crippen LogP contribution in [-0.2, 0) is 16.1 Å². The van der Waals surface area contributed by atoms with Gasteiger partial charge in [0.1, 0.15) is 12.1 Å². The van der Waals surface area contributed by atoms with E-state index in [0.29, 0.717) is 10.9 Å². The molecule has 2 aromatic rings. The van der Waals surface area contributed by atoms with Crippen molar-refractivity contribution in [3.63, 3.8) is 0 Å². The van der Waals surface area contributed by atoms with Crippen molar-refractivity contribution >= 4 is 22.8 Å². The zero-order valence-electron chi connectivity index (χ0n) is 11.4. The SMILES string of the molecule is CN(CC(=O)O)C(=O)CCn1nnc2ccccc2c1=O. The van der Waals surface area contributed by atoms with Gasteiger partial charge in [0.2, 0.25) is 5.91 Å². The molecule has 1 amide bonds. The Bertz CT molecular complexity index is 740. The second kappa shape index (κ2) is 6.12. The lowest BCUT2D eigenvalue weighted by atomic mass is 10.2. The van der Waals surface area contributed by atoms with Crippen LogP contribution in [0.3, 0.4) is 0 Å². The minimum atomic E-state index is -1.09. The molecule has 1 aromatic carbocycles. The van der Waals surface area contributed by atoms with Crippen LogP contribution < -0.4 is 5.56 Å². The third-order valence-corrected chi connectivity index (χ3v) is 2.96.